The van der Waals surface area contributed by atoms with Gasteiger partial charge >= 0.3 is 0 Å². The van der Waals surface area contributed by atoms with Gasteiger partial charge in [0.15, 0.2) is 0 Å². The van der Waals surface area contributed by atoms with Crippen LogP contribution in [-0.4, -0.2) is 0 Å². The van der Waals surface area contributed by atoms with Crippen LogP contribution in [0.15, 0.2) is 91.0 Å². The first-order chi connectivity index (χ1) is 12.8. The molecule has 0 aliphatic heterocycles. The van der Waals surface area contributed by atoms with Gasteiger partial charge in [0, 0.05) is 30.8 Å². The zero-order valence-corrected chi connectivity index (χ0v) is 15.5. The van der Waals surface area contributed by atoms with E-state index in [1.807, 2.05) is 23.5 Å². The fraction of sp³-hybridized carbons (Fsp3) is 0. The Labute approximate surface area is 161 Å². The Hall–Kier alpha value is -2.61. The molecule has 1 heterocycles. The second kappa shape index (κ2) is 6.28. The van der Waals surface area contributed by atoms with Gasteiger partial charge in [-0.3, -0.25) is 0 Å². The maximum Gasteiger partial charge on any atom is 0.0434 e. The monoisotopic (exact) mass is 370 g/mol. The zero-order chi connectivity index (χ0) is 17.5. The summed E-state index contributed by atoms with van der Waals surface area (Å²) in [4.78, 5) is 0. The average molecular weight is 371 g/mol. The third-order valence-electron chi connectivity index (χ3n) is 4.76. The quantitative estimate of drug-likeness (QED) is 0.295. The molecule has 0 unspecified atom stereocenters. The minimum atomic E-state index is 0.762. The molecule has 0 bridgehead atoms. The predicted molar refractivity (Wildman–Crippen MR) is 115 cm³/mol. The highest BCUT2D eigenvalue weighted by atomic mass is 35.5. The van der Waals surface area contributed by atoms with Crippen LogP contribution in [0.1, 0.15) is 0 Å². The minimum Gasteiger partial charge on any atom is -0.135 e. The highest BCUT2D eigenvalue weighted by Gasteiger charge is 2.14. The maximum absolute atomic E-state index is 6.39. The van der Waals surface area contributed by atoms with Gasteiger partial charge in [0.1, 0.15) is 0 Å². The van der Waals surface area contributed by atoms with Crippen molar-refractivity contribution in [3.8, 4) is 22.3 Å². The third-order valence-corrected chi connectivity index (χ3v) is 6.22. The van der Waals surface area contributed by atoms with Crippen molar-refractivity contribution in [1.82, 2.24) is 0 Å². The Morgan fingerprint density at radius 3 is 2.23 bits per heavy atom. The molecule has 0 atom stereocenters. The number of hydrogen-bond donors (Lipinski definition) is 0. The molecule has 0 aliphatic carbocycles. The minimum absolute atomic E-state index is 0.762. The molecule has 0 N–H and O–H groups in total. The van der Waals surface area contributed by atoms with Crippen molar-refractivity contribution >= 4 is 43.1 Å². The summed E-state index contributed by atoms with van der Waals surface area (Å²) in [5.41, 5.74) is 4.84. The molecule has 0 spiro atoms. The lowest BCUT2D eigenvalue weighted by Gasteiger charge is -2.12. The average Bonchev–Trinajstić information content (AvgIpc) is 3.07. The van der Waals surface area contributed by atoms with Crippen LogP contribution in [0.3, 0.4) is 0 Å². The van der Waals surface area contributed by atoms with Crippen LogP contribution in [0, 0.1) is 0 Å². The van der Waals surface area contributed by atoms with Crippen LogP contribution in [-0.2, 0) is 0 Å². The van der Waals surface area contributed by atoms with E-state index in [4.69, 9.17) is 11.6 Å². The summed E-state index contributed by atoms with van der Waals surface area (Å²) in [7, 11) is 0. The summed E-state index contributed by atoms with van der Waals surface area (Å²) < 4.78 is 2.63. The number of hydrogen-bond acceptors (Lipinski definition) is 1. The largest absolute Gasteiger partial charge is 0.135 e. The van der Waals surface area contributed by atoms with Crippen molar-refractivity contribution < 1.29 is 0 Å². The number of thiophene rings is 1. The molecule has 4 aromatic carbocycles. The van der Waals surface area contributed by atoms with Gasteiger partial charge in [-0.2, -0.15) is 0 Å². The van der Waals surface area contributed by atoms with Gasteiger partial charge in [0.05, 0.1) is 0 Å². The first-order valence-electron chi connectivity index (χ1n) is 8.57. The van der Waals surface area contributed by atoms with Gasteiger partial charge in [-0.1, -0.05) is 84.4 Å². The van der Waals surface area contributed by atoms with Crippen LogP contribution < -0.4 is 0 Å². The smallest absolute Gasteiger partial charge is 0.0434 e. The molecular weight excluding hydrogens is 356 g/mol. The summed E-state index contributed by atoms with van der Waals surface area (Å²) in [6.45, 7) is 0. The molecule has 0 aliphatic rings. The van der Waals surface area contributed by atoms with Crippen LogP contribution in [0.5, 0.6) is 0 Å². The van der Waals surface area contributed by atoms with Crippen LogP contribution in [0.25, 0.3) is 42.4 Å². The molecular formula is C24H15ClS. The molecule has 0 nitrogen and oxygen atoms in total. The van der Waals surface area contributed by atoms with Gasteiger partial charge < -0.3 is 0 Å². The van der Waals surface area contributed by atoms with Crippen molar-refractivity contribution in [1.29, 1.82) is 0 Å². The zero-order valence-electron chi connectivity index (χ0n) is 13.9. The lowest BCUT2D eigenvalue weighted by atomic mass is 9.94. The van der Waals surface area contributed by atoms with E-state index in [0.29, 0.717) is 0 Å². The van der Waals surface area contributed by atoms with Gasteiger partial charge in [-0.05, 0) is 34.9 Å². The molecule has 0 fully saturated rings. The van der Waals surface area contributed by atoms with Crippen LogP contribution in [0.4, 0.5) is 0 Å². The number of fused-ring (bicyclic) bond motifs is 3. The first kappa shape index (κ1) is 15.6. The Morgan fingerprint density at radius 2 is 1.35 bits per heavy atom. The summed E-state index contributed by atoms with van der Waals surface area (Å²) in [5, 5.41) is 3.39. The Kier molecular flexibility index (Phi) is 3.77. The third kappa shape index (κ3) is 2.52. The van der Waals surface area contributed by atoms with Gasteiger partial charge in [0.2, 0.25) is 0 Å². The molecule has 26 heavy (non-hydrogen) atoms. The summed E-state index contributed by atoms with van der Waals surface area (Å²) in [6.07, 6.45) is 0. The molecule has 0 radical (unpaired) electrons. The van der Waals surface area contributed by atoms with Crippen LogP contribution >= 0.6 is 22.9 Å². The molecule has 5 aromatic rings. The fourth-order valence-electron chi connectivity index (χ4n) is 3.57. The Bertz CT molecular complexity index is 1240. The molecule has 1 aromatic heterocycles. The SMILES string of the molecule is Clc1ccc(-c2ccccc2)c(-c2cccc3c2sc2ccccc23)c1. The van der Waals surface area contributed by atoms with Crippen molar-refractivity contribution in [2.24, 2.45) is 0 Å². The topological polar surface area (TPSA) is 0 Å². The van der Waals surface area contributed by atoms with E-state index in [-0.39, 0.29) is 0 Å². The first-order valence-corrected chi connectivity index (χ1v) is 9.76. The maximum atomic E-state index is 6.39. The second-order valence-electron chi connectivity index (χ2n) is 6.34. The highest BCUT2D eigenvalue weighted by molar-refractivity contribution is 7.26. The van der Waals surface area contributed by atoms with Crippen molar-refractivity contribution in [2.75, 3.05) is 0 Å². The van der Waals surface area contributed by atoms with E-state index in [1.54, 1.807) is 0 Å². The Morgan fingerprint density at radius 1 is 0.577 bits per heavy atom. The van der Waals surface area contributed by atoms with E-state index in [1.165, 1.54) is 42.4 Å². The number of rotatable bonds is 2. The predicted octanol–water partition coefficient (Wildman–Crippen LogP) is 8.04. The van der Waals surface area contributed by atoms with E-state index in [9.17, 15) is 0 Å². The summed E-state index contributed by atoms with van der Waals surface area (Å²) >= 11 is 8.24. The second-order valence-corrected chi connectivity index (χ2v) is 7.83. The van der Waals surface area contributed by atoms with Crippen molar-refractivity contribution in [3.05, 3.63) is 96.0 Å². The number of halogens is 1. The molecule has 2 heteroatoms. The number of benzene rings is 4. The van der Waals surface area contributed by atoms with E-state index >= 15 is 0 Å². The van der Waals surface area contributed by atoms with E-state index in [2.05, 4.69) is 78.9 Å². The summed E-state index contributed by atoms with van der Waals surface area (Å²) in [5.74, 6) is 0. The van der Waals surface area contributed by atoms with E-state index < -0.39 is 0 Å². The van der Waals surface area contributed by atoms with Crippen molar-refractivity contribution in [2.45, 2.75) is 0 Å². The fourth-order valence-corrected chi connectivity index (χ4v) is 4.97. The highest BCUT2D eigenvalue weighted by Crippen LogP contribution is 2.43. The van der Waals surface area contributed by atoms with Crippen LogP contribution in [0.2, 0.25) is 5.02 Å². The molecule has 124 valence electrons. The molecule has 0 saturated carbocycles. The van der Waals surface area contributed by atoms with Crippen molar-refractivity contribution in [3.63, 3.8) is 0 Å². The van der Waals surface area contributed by atoms with Gasteiger partial charge in [-0.25, -0.2) is 0 Å². The van der Waals surface area contributed by atoms with Gasteiger partial charge in [0.25, 0.3) is 0 Å². The standard InChI is InChI=1S/C24H15ClS/c25-17-13-14-18(16-7-2-1-3-8-16)22(15-17)21-11-6-10-20-19-9-4-5-12-23(19)26-24(20)21/h1-15H. The lowest BCUT2D eigenvalue weighted by Crippen LogP contribution is -1.86. The summed E-state index contributed by atoms with van der Waals surface area (Å²) in [6, 6.07) is 31.9. The normalized spacial score (nSPS) is 11.3. The Balaban J connectivity index is 1.85. The lowest BCUT2D eigenvalue weighted by molar-refractivity contribution is 1.60. The molecule has 5 rings (SSSR count). The van der Waals surface area contributed by atoms with E-state index in [0.717, 1.165) is 5.02 Å². The van der Waals surface area contributed by atoms with Gasteiger partial charge in [-0.15, -0.1) is 11.3 Å². The molecule has 0 amide bonds. The molecule has 0 saturated heterocycles.